The van der Waals surface area contributed by atoms with Crippen LogP contribution >= 0.6 is 0 Å². The highest BCUT2D eigenvalue weighted by Crippen LogP contribution is 2.14. The zero-order valence-corrected chi connectivity index (χ0v) is 11.6. The van der Waals surface area contributed by atoms with Crippen molar-refractivity contribution in [3.63, 3.8) is 0 Å². The molecule has 5 heteroatoms. The minimum atomic E-state index is -0.659. The van der Waals surface area contributed by atoms with Crippen LogP contribution in [0.3, 0.4) is 0 Å². The van der Waals surface area contributed by atoms with E-state index in [1.54, 1.807) is 31.3 Å². The normalized spacial score (nSPS) is 10.5. The third-order valence-corrected chi connectivity index (χ3v) is 3.21. The summed E-state index contributed by atoms with van der Waals surface area (Å²) in [5.74, 6) is -1.53. The summed E-state index contributed by atoms with van der Waals surface area (Å²) < 4.78 is 26.4. The van der Waals surface area contributed by atoms with Crippen LogP contribution in [0.2, 0.25) is 0 Å². The van der Waals surface area contributed by atoms with Crippen molar-refractivity contribution in [2.45, 2.75) is 13.1 Å². The van der Waals surface area contributed by atoms with E-state index in [2.05, 4.69) is 0 Å². The first-order chi connectivity index (χ1) is 10.0. The van der Waals surface area contributed by atoms with Gasteiger partial charge in [-0.15, -0.1) is 0 Å². The van der Waals surface area contributed by atoms with Crippen LogP contribution in [-0.2, 0) is 13.1 Å². The van der Waals surface area contributed by atoms with E-state index in [1.165, 1.54) is 17.0 Å². The molecule has 0 aromatic heterocycles. The molecular weight excluding hydrogens is 274 g/mol. The van der Waals surface area contributed by atoms with Crippen LogP contribution in [0, 0.1) is 11.6 Å². The number of amides is 1. The van der Waals surface area contributed by atoms with Crippen molar-refractivity contribution in [3.05, 3.63) is 70.8 Å². The van der Waals surface area contributed by atoms with E-state index >= 15 is 0 Å². The number of benzene rings is 2. The van der Waals surface area contributed by atoms with E-state index in [-0.39, 0.29) is 18.0 Å². The Hall–Kier alpha value is -2.27. The fourth-order valence-electron chi connectivity index (χ4n) is 1.98. The van der Waals surface area contributed by atoms with Crippen LogP contribution in [-0.4, -0.2) is 17.9 Å². The molecule has 0 radical (unpaired) electrons. The van der Waals surface area contributed by atoms with Crippen LogP contribution < -0.4 is 5.73 Å². The fraction of sp³-hybridized carbons (Fsp3) is 0.188. The Morgan fingerprint density at radius 2 is 1.81 bits per heavy atom. The lowest BCUT2D eigenvalue weighted by molar-refractivity contribution is 0.0784. The van der Waals surface area contributed by atoms with Gasteiger partial charge in [0.1, 0.15) is 11.6 Å². The van der Waals surface area contributed by atoms with E-state index < -0.39 is 11.6 Å². The first-order valence-electron chi connectivity index (χ1n) is 6.49. The minimum Gasteiger partial charge on any atom is -0.337 e. The molecule has 2 rings (SSSR count). The highest BCUT2D eigenvalue weighted by atomic mass is 19.1. The van der Waals surface area contributed by atoms with Crippen molar-refractivity contribution >= 4 is 5.91 Å². The Morgan fingerprint density at radius 1 is 1.14 bits per heavy atom. The first-order valence-corrected chi connectivity index (χ1v) is 6.49. The number of carbonyl (C=O) groups excluding carboxylic acids is 1. The lowest BCUT2D eigenvalue weighted by atomic mass is 10.1. The molecule has 2 N–H and O–H groups in total. The Balaban J connectivity index is 2.11. The van der Waals surface area contributed by atoms with Gasteiger partial charge in [0, 0.05) is 37.3 Å². The highest BCUT2D eigenvalue weighted by molar-refractivity contribution is 5.94. The van der Waals surface area contributed by atoms with E-state index in [4.69, 9.17) is 5.73 Å². The quantitative estimate of drug-likeness (QED) is 0.941. The van der Waals surface area contributed by atoms with Gasteiger partial charge in [-0.3, -0.25) is 4.79 Å². The second-order valence-corrected chi connectivity index (χ2v) is 4.80. The van der Waals surface area contributed by atoms with Gasteiger partial charge in [-0.1, -0.05) is 18.2 Å². The van der Waals surface area contributed by atoms with E-state index in [9.17, 15) is 13.6 Å². The lowest BCUT2D eigenvalue weighted by Gasteiger charge is -2.18. The number of nitrogens with zero attached hydrogens (tertiary/aromatic N) is 1. The molecule has 3 nitrogen and oxygen atoms in total. The maximum absolute atomic E-state index is 13.6. The van der Waals surface area contributed by atoms with Crippen molar-refractivity contribution in [1.82, 2.24) is 4.90 Å². The molecule has 0 atom stereocenters. The van der Waals surface area contributed by atoms with Gasteiger partial charge in [0.2, 0.25) is 0 Å². The molecule has 110 valence electrons. The largest absolute Gasteiger partial charge is 0.337 e. The zero-order valence-electron chi connectivity index (χ0n) is 11.6. The van der Waals surface area contributed by atoms with Gasteiger partial charge in [-0.2, -0.15) is 0 Å². The maximum atomic E-state index is 13.6. The molecule has 21 heavy (non-hydrogen) atoms. The average molecular weight is 290 g/mol. The van der Waals surface area contributed by atoms with Crippen LogP contribution in [0.1, 0.15) is 21.5 Å². The van der Waals surface area contributed by atoms with Crippen LogP contribution in [0.15, 0.2) is 42.5 Å². The number of rotatable bonds is 4. The van der Waals surface area contributed by atoms with Crippen LogP contribution in [0.25, 0.3) is 0 Å². The van der Waals surface area contributed by atoms with Gasteiger partial charge in [-0.05, 0) is 23.8 Å². The van der Waals surface area contributed by atoms with Crippen LogP contribution in [0.4, 0.5) is 8.78 Å². The number of nitrogens with two attached hydrogens (primary N) is 1. The SMILES string of the molecule is CN(Cc1ccc(F)cc1F)C(=O)c1ccc(CN)cc1. The van der Waals surface area contributed by atoms with Crippen molar-refractivity contribution in [1.29, 1.82) is 0 Å². The monoisotopic (exact) mass is 290 g/mol. The fourth-order valence-corrected chi connectivity index (χ4v) is 1.98. The Kier molecular flexibility index (Phi) is 4.65. The lowest BCUT2D eigenvalue weighted by Crippen LogP contribution is -2.26. The smallest absolute Gasteiger partial charge is 0.253 e. The van der Waals surface area contributed by atoms with Crippen molar-refractivity contribution in [2.24, 2.45) is 5.73 Å². The predicted molar refractivity (Wildman–Crippen MR) is 76.5 cm³/mol. The topological polar surface area (TPSA) is 46.3 Å². The molecule has 2 aromatic rings. The van der Waals surface area contributed by atoms with Gasteiger partial charge >= 0.3 is 0 Å². The summed E-state index contributed by atoms with van der Waals surface area (Å²) in [4.78, 5) is 13.6. The molecular formula is C16H16F2N2O. The molecule has 2 aromatic carbocycles. The molecule has 0 aliphatic rings. The van der Waals surface area contributed by atoms with Gasteiger partial charge < -0.3 is 10.6 Å². The second kappa shape index (κ2) is 6.45. The predicted octanol–water partition coefficient (Wildman–Crippen LogP) is 2.70. The molecule has 0 saturated carbocycles. The van der Waals surface area contributed by atoms with Crippen LogP contribution in [0.5, 0.6) is 0 Å². The summed E-state index contributed by atoms with van der Waals surface area (Å²) in [5.41, 5.74) is 7.20. The molecule has 1 amide bonds. The summed E-state index contributed by atoms with van der Waals surface area (Å²) in [6.45, 7) is 0.481. The number of hydrogen-bond acceptors (Lipinski definition) is 2. The molecule has 0 aliphatic heterocycles. The van der Waals surface area contributed by atoms with Crippen molar-refractivity contribution in [2.75, 3.05) is 7.05 Å². The molecule has 0 spiro atoms. The maximum Gasteiger partial charge on any atom is 0.253 e. The standard InChI is InChI=1S/C16H16F2N2O/c1-20(10-13-6-7-14(17)8-15(13)18)16(21)12-4-2-11(9-19)3-5-12/h2-8H,9-10,19H2,1H3. The summed E-state index contributed by atoms with van der Waals surface area (Å²) in [6, 6.07) is 10.2. The first kappa shape index (κ1) is 15.1. The number of carbonyl (C=O) groups is 1. The van der Waals surface area contributed by atoms with Crippen molar-refractivity contribution < 1.29 is 13.6 Å². The second-order valence-electron chi connectivity index (χ2n) is 4.80. The summed E-state index contributed by atoms with van der Waals surface area (Å²) >= 11 is 0. The zero-order chi connectivity index (χ0) is 15.4. The molecule has 0 heterocycles. The molecule has 0 aliphatic carbocycles. The summed E-state index contributed by atoms with van der Waals surface area (Å²) in [6.07, 6.45) is 0. The Bertz CT molecular complexity index is 641. The van der Waals surface area contributed by atoms with E-state index in [0.29, 0.717) is 12.1 Å². The number of hydrogen-bond donors (Lipinski definition) is 1. The molecule has 0 bridgehead atoms. The molecule has 0 saturated heterocycles. The van der Waals surface area contributed by atoms with Gasteiger partial charge in [0.25, 0.3) is 5.91 Å². The van der Waals surface area contributed by atoms with Gasteiger partial charge in [-0.25, -0.2) is 8.78 Å². The summed E-state index contributed by atoms with van der Waals surface area (Å²) in [5, 5.41) is 0. The van der Waals surface area contributed by atoms with E-state index in [1.807, 2.05) is 0 Å². The average Bonchev–Trinajstić information content (AvgIpc) is 2.49. The van der Waals surface area contributed by atoms with Gasteiger partial charge in [0.05, 0.1) is 0 Å². The third-order valence-electron chi connectivity index (χ3n) is 3.21. The number of halogens is 2. The molecule has 0 unspecified atom stereocenters. The Labute approximate surface area is 122 Å². The van der Waals surface area contributed by atoms with E-state index in [0.717, 1.165) is 11.6 Å². The van der Waals surface area contributed by atoms with Gasteiger partial charge in [0.15, 0.2) is 0 Å². The third kappa shape index (κ3) is 3.64. The highest BCUT2D eigenvalue weighted by Gasteiger charge is 2.14. The minimum absolute atomic E-state index is 0.0730. The summed E-state index contributed by atoms with van der Waals surface area (Å²) in [7, 11) is 1.57. The molecule has 0 fully saturated rings. The van der Waals surface area contributed by atoms with Crippen molar-refractivity contribution in [3.8, 4) is 0 Å². The Morgan fingerprint density at radius 3 is 2.38 bits per heavy atom.